The third kappa shape index (κ3) is 4.80. The Morgan fingerprint density at radius 3 is 2.86 bits per heavy atom. The number of nitrogens with zero attached hydrogens (tertiary/aromatic N) is 1. The van der Waals surface area contributed by atoms with Gasteiger partial charge in [-0.2, -0.15) is 0 Å². The van der Waals surface area contributed by atoms with Crippen LogP contribution in [0.15, 0.2) is 24.3 Å². The van der Waals surface area contributed by atoms with E-state index in [4.69, 9.17) is 4.74 Å². The summed E-state index contributed by atoms with van der Waals surface area (Å²) < 4.78 is 5.79. The maximum Gasteiger partial charge on any atom is 0.0700 e. The van der Waals surface area contributed by atoms with Crippen molar-refractivity contribution >= 4 is 0 Å². The minimum absolute atomic E-state index is 0.405. The second kappa shape index (κ2) is 8.52. The van der Waals surface area contributed by atoms with Gasteiger partial charge >= 0.3 is 0 Å². The summed E-state index contributed by atoms with van der Waals surface area (Å²) in [5, 5.41) is 3.72. The highest BCUT2D eigenvalue weighted by Crippen LogP contribution is 2.20. The molecule has 1 aliphatic heterocycles. The van der Waals surface area contributed by atoms with Gasteiger partial charge in [0.1, 0.15) is 0 Å². The highest BCUT2D eigenvalue weighted by molar-refractivity contribution is 5.29. The minimum Gasteiger partial charge on any atom is -0.376 e. The molecule has 1 aromatic rings. The maximum atomic E-state index is 5.79. The summed E-state index contributed by atoms with van der Waals surface area (Å²) in [6.07, 6.45) is 2.68. The van der Waals surface area contributed by atoms with E-state index in [2.05, 4.69) is 55.3 Å². The van der Waals surface area contributed by atoms with E-state index in [1.54, 1.807) is 0 Å². The fourth-order valence-electron chi connectivity index (χ4n) is 3.02. The van der Waals surface area contributed by atoms with Crippen LogP contribution < -0.4 is 5.32 Å². The number of nitrogens with one attached hydrogen (secondary N) is 1. The molecule has 118 valence electrons. The predicted octanol–water partition coefficient (Wildman–Crippen LogP) is 3.15. The second-order valence-corrected chi connectivity index (χ2v) is 6.02. The molecular formula is C18H30N2O. The molecule has 1 saturated heterocycles. The van der Waals surface area contributed by atoms with Gasteiger partial charge in [0, 0.05) is 25.7 Å². The lowest BCUT2D eigenvalue weighted by Crippen LogP contribution is -2.45. The summed E-state index contributed by atoms with van der Waals surface area (Å²) in [4.78, 5) is 2.55. The molecule has 2 atom stereocenters. The van der Waals surface area contributed by atoms with Gasteiger partial charge in [-0.05, 0) is 37.4 Å². The normalized spacial score (nSPS) is 21.4. The summed E-state index contributed by atoms with van der Waals surface area (Å²) in [7, 11) is 0. The Hall–Kier alpha value is -0.900. The Kier molecular flexibility index (Phi) is 6.68. The van der Waals surface area contributed by atoms with Crippen LogP contribution in [0.1, 0.15) is 43.9 Å². The van der Waals surface area contributed by atoms with Crippen molar-refractivity contribution < 1.29 is 4.74 Å². The average molecular weight is 290 g/mol. The van der Waals surface area contributed by atoms with Crippen molar-refractivity contribution in [1.29, 1.82) is 0 Å². The summed E-state index contributed by atoms with van der Waals surface area (Å²) in [5.41, 5.74) is 2.82. The Bertz CT molecular complexity index is 421. The summed E-state index contributed by atoms with van der Waals surface area (Å²) in [6.45, 7) is 11.8. The Labute approximate surface area is 129 Å². The lowest BCUT2D eigenvalue weighted by Gasteiger charge is -2.35. The van der Waals surface area contributed by atoms with Crippen LogP contribution in [0.25, 0.3) is 0 Å². The predicted molar refractivity (Wildman–Crippen MR) is 88.7 cm³/mol. The van der Waals surface area contributed by atoms with E-state index in [1.807, 2.05) is 0 Å². The maximum absolute atomic E-state index is 5.79. The third-order valence-electron chi connectivity index (χ3n) is 4.32. The van der Waals surface area contributed by atoms with Crippen molar-refractivity contribution in [3.05, 3.63) is 35.4 Å². The van der Waals surface area contributed by atoms with Crippen LogP contribution in [0, 0.1) is 6.92 Å². The monoisotopic (exact) mass is 290 g/mol. The van der Waals surface area contributed by atoms with Crippen LogP contribution in [-0.2, 0) is 4.74 Å². The summed E-state index contributed by atoms with van der Waals surface area (Å²) in [5.74, 6) is 0. The summed E-state index contributed by atoms with van der Waals surface area (Å²) in [6, 6.07) is 9.17. The first-order valence-corrected chi connectivity index (χ1v) is 8.37. The van der Waals surface area contributed by atoms with E-state index in [1.165, 1.54) is 17.5 Å². The van der Waals surface area contributed by atoms with E-state index in [0.29, 0.717) is 12.1 Å². The molecule has 0 bridgehead atoms. The topological polar surface area (TPSA) is 24.5 Å². The quantitative estimate of drug-likeness (QED) is 0.835. The first-order chi connectivity index (χ1) is 10.2. The first-order valence-electron chi connectivity index (χ1n) is 8.37. The Morgan fingerprint density at radius 2 is 2.14 bits per heavy atom. The van der Waals surface area contributed by atoms with E-state index in [-0.39, 0.29) is 0 Å². The zero-order chi connectivity index (χ0) is 15.1. The van der Waals surface area contributed by atoms with Crippen molar-refractivity contribution in [2.24, 2.45) is 0 Å². The first kappa shape index (κ1) is 16.5. The fourth-order valence-corrected chi connectivity index (χ4v) is 3.02. The van der Waals surface area contributed by atoms with E-state index in [0.717, 1.165) is 39.2 Å². The van der Waals surface area contributed by atoms with Crippen LogP contribution in [-0.4, -0.2) is 43.8 Å². The van der Waals surface area contributed by atoms with Crippen molar-refractivity contribution in [2.75, 3.05) is 32.8 Å². The van der Waals surface area contributed by atoms with Gasteiger partial charge in [0.25, 0.3) is 0 Å². The molecule has 1 N–H and O–H groups in total. The lowest BCUT2D eigenvalue weighted by atomic mass is 10.00. The highest BCUT2D eigenvalue weighted by atomic mass is 16.5. The third-order valence-corrected chi connectivity index (χ3v) is 4.32. The highest BCUT2D eigenvalue weighted by Gasteiger charge is 2.22. The van der Waals surface area contributed by atoms with Crippen LogP contribution >= 0.6 is 0 Å². The molecule has 3 heteroatoms. The SMILES string of the molecule is CCCNC(CN1CCOC(CC)C1)c1ccccc1C. The molecule has 21 heavy (non-hydrogen) atoms. The molecule has 0 spiro atoms. The van der Waals surface area contributed by atoms with E-state index < -0.39 is 0 Å². The van der Waals surface area contributed by atoms with Crippen molar-refractivity contribution in [3.63, 3.8) is 0 Å². The van der Waals surface area contributed by atoms with Crippen LogP contribution in [0.3, 0.4) is 0 Å². The number of hydrogen-bond donors (Lipinski definition) is 1. The number of ether oxygens (including phenoxy) is 1. The standard InChI is InChI=1S/C18H30N2O/c1-4-10-19-18(17-9-7-6-8-15(17)3)14-20-11-12-21-16(5-2)13-20/h6-9,16,18-19H,4-5,10-14H2,1-3H3. The van der Waals surface area contributed by atoms with Gasteiger partial charge in [-0.25, -0.2) is 0 Å². The van der Waals surface area contributed by atoms with Crippen LogP contribution in [0.5, 0.6) is 0 Å². The Morgan fingerprint density at radius 1 is 1.33 bits per heavy atom. The van der Waals surface area contributed by atoms with Gasteiger partial charge in [0.2, 0.25) is 0 Å². The summed E-state index contributed by atoms with van der Waals surface area (Å²) >= 11 is 0. The molecule has 2 unspecified atom stereocenters. The Balaban J connectivity index is 2.04. The zero-order valence-corrected chi connectivity index (χ0v) is 13.8. The number of hydrogen-bond acceptors (Lipinski definition) is 3. The molecule has 1 fully saturated rings. The van der Waals surface area contributed by atoms with Gasteiger partial charge in [-0.3, -0.25) is 4.90 Å². The molecule has 0 radical (unpaired) electrons. The molecule has 0 saturated carbocycles. The molecule has 3 nitrogen and oxygen atoms in total. The van der Waals surface area contributed by atoms with Crippen molar-refractivity contribution in [2.45, 2.75) is 45.8 Å². The van der Waals surface area contributed by atoms with E-state index in [9.17, 15) is 0 Å². The van der Waals surface area contributed by atoms with Crippen LogP contribution in [0.2, 0.25) is 0 Å². The van der Waals surface area contributed by atoms with E-state index >= 15 is 0 Å². The number of morpholine rings is 1. The number of benzene rings is 1. The molecule has 1 aromatic carbocycles. The number of aryl methyl sites for hydroxylation is 1. The van der Waals surface area contributed by atoms with Crippen molar-refractivity contribution in [3.8, 4) is 0 Å². The van der Waals surface area contributed by atoms with Crippen molar-refractivity contribution in [1.82, 2.24) is 10.2 Å². The fraction of sp³-hybridized carbons (Fsp3) is 0.667. The van der Waals surface area contributed by atoms with Gasteiger partial charge in [0.15, 0.2) is 0 Å². The molecule has 1 aliphatic rings. The minimum atomic E-state index is 0.405. The zero-order valence-electron chi connectivity index (χ0n) is 13.8. The molecule has 0 amide bonds. The smallest absolute Gasteiger partial charge is 0.0700 e. The largest absolute Gasteiger partial charge is 0.376 e. The van der Waals surface area contributed by atoms with Gasteiger partial charge < -0.3 is 10.1 Å². The molecular weight excluding hydrogens is 260 g/mol. The van der Waals surface area contributed by atoms with Gasteiger partial charge in [0.05, 0.1) is 12.7 Å². The molecule has 0 aliphatic carbocycles. The molecule has 2 rings (SSSR count). The average Bonchev–Trinajstić information content (AvgIpc) is 2.52. The second-order valence-electron chi connectivity index (χ2n) is 6.02. The van der Waals surface area contributed by atoms with Gasteiger partial charge in [-0.1, -0.05) is 38.1 Å². The van der Waals surface area contributed by atoms with Crippen LogP contribution in [0.4, 0.5) is 0 Å². The van der Waals surface area contributed by atoms with Gasteiger partial charge in [-0.15, -0.1) is 0 Å². The lowest BCUT2D eigenvalue weighted by molar-refractivity contribution is -0.0322. The molecule has 1 heterocycles. The molecule has 0 aromatic heterocycles. The number of rotatable bonds is 7.